The van der Waals surface area contributed by atoms with Crippen molar-refractivity contribution < 1.29 is 18.4 Å². The number of halogens is 2. The highest BCUT2D eigenvalue weighted by Crippen LogP contribution is 2.40. The molecule has 0 aliphatic heterocycles. The van der Waals surface area contributed by atoms with E-state index >= 15 is 0 Å². The molecule has 0 bridgehead atoms. The van der Waals surface area contributed by atoms with E-state index in [1.54, 1.807) is 24.3 Å². The summed E-state index contributed by atoms with van der Waals surface area (Å²) in [5.74, 6) is -3.62. The standard InChI is InChI=1S/C18H13F2N3O2/c19-11-5-6-16(14(20)7-11)23-18(25)13-8-12(13)17(24)22-15-4-2-1-3-10(15)9-21/h1-7,12-13H,8H2,(H,22,24)(H,23,25). The van der Waals surface area contributed by atoms with E-state index in [-0.39, 0.29) is 11.6 Å². The highest BCUT2D eigenvalue weighted by molar-refractivity contribution is 6.03. The Balaban J connectivity index is 1.61. The molecule has 2 amide bonds. The van der Waals surface area contributed by atoms with E-state index in [0.717, 1.165) is 12.1 Å². The fourth-order valence-corrected chi connectivity index (χ4v) is 2.51. The van der Waals surface area contributed by atoms with E-state index in [1.165, 1.54) is 0 Å². The zero-order chi connectivity index (χ0) is 18.0. The summed E-state index contributed by atoms with van der Waals surface area (Å²) in [6.45, 7) is 0. The Hall–Kier alpha value is -3.27. The van der Waals surface area contributed by atoms with Gasteiger partial charge in [0.1, 0.15) is 17.7 Å². The predicted molar refractivity (Wildman–Crippen MR) is 86.4 cm³/mol. The second-order valence-corrected chi connectivity index (χ2v) is 5.71. The molecule has 2 atom stereocenters. The minimum Gasteiger partial charge on any atom is -0.325 e. The molecule has 2 N–H and O–H groups in total. The Bertz CT molecular complexity index is 892. The number of carbonyl (C=O) groups excluding carboxylic acids is 2. The summed E-state index contributed by atoms with van der Waals surface area (Å²) < 4.78 is 26.4. The molecule has 0 aromatic heterocycles. The number of nitrogens with zero attached hydrogens (tertiary/aromatic N) is 1. The van der Waals surface area contributed by atoms with Gasteiger partial charge in [0.05, 0.1) is 28.8 Å². The van der Waals surface area contributed by atoms with Crippen LogP contribution in [0.15, 0.2) is 42.5 Å². The Morgan fingerprint density at radius 1 is 1.00 bits per heavy atom. The summed E-state index contributed by atoms with van der Waals surface area (Å²) in [5, 5.41) is 14.0. The van der Waals surface area contributed by atoms with Crippen molar-refractivity contribution in [1.82, 2.24) is 0 Å². The van der Waals surface area contributed by atoms with E-state index in [9.17, 15) is 18.4 Å². The van der Waals surface area contributed by atoms with Crippen LogP contribution in [0, 0.1) is 34.8 Å². The Morgan fingerprint density at radius 3 is 2.28 bits per heavy atom. The molecular formula is C18H13F2N3O2. The molecular weight excluding hydrogens is 328 g/mol. The van der Waals surface area contributed by atoms with Gasteiger partial charge in [-0.3, -0.25) is 9.59 Å². The quantitative estimate of drug-likeness (QED) is 0.897. The SMILES string of the molecule is N#Cc1ccccc1NC(=O)C1CC1C(=O)Nc1ccc(F)cc1F. The molecule has 3 rings (SSSR count). The van der Waals surface area contributed by atoms with Gasteiger partial charge in [0, 0.05) is 6.07 Å². The first-order valence-electron chi connectivity index (χ1n) is 7.55. The maximum atomic E-state index is 13.6. The minimum absolute atomic E-state index is 0.132. The van der Waals surface area contributed by atoms with Gasteiger partial charge in [0.2, 0.25) is 11.8 Å². The average molecular weight is 341 g/mol. The highest BCUT2D eigenvalue weighted by Gasteiger charge is 2.48. The lowest BCUT2D eigenvalue weighted by atomic mass is 10.2. The van der Waals surface area contributed by atoms with Crippen LogP contribution in [0.4, 0.5) is 20.2 Å². The molecule has 2 aromatic carbocycles. The Kier molecular flexibility index (Phi) is 4.44. The lowest BCUT2D eigenvalue weighted by molar-refractivity contribution is -0.122. The summed E-state index contributed by atoms with van der Waals surface area (Å²) in [6.07, 6.45) is 0.329. The van der Waals surface area contributed by atoms with Crippen molar-refractivity contribution in [2.45, 2.75) is 6.42 Å². The van der Waals surface area contributed by atoms with Crippen LogP contribution in [-0.2, 0) is 9.59 Å². The molecule has 5 nitrogen and oxygen atoms in total. The van der Waals surface area contributed by atoms with Gasteiger partial charge in [-0.1, -0.05) is 12.1 Å². The lowest BCUT2D eigenvalue weighted by Gasteiger charge is -2.08. The molecule has 1 aliphatic rings. The van der Waals surface area contributed by atoms with Crippen molar-refractivity contribution in [3.63, 3.8) is 0 Å². The van der Waals surface area contributed by atoms with Crippen molar-refractivity contribution >= 4 is 23.2 Å². The summed E-state index contributed by atoms with van der Waals surface area (Å²) in [4.78, 5) is 24.3. The van der Waals surface area contributed by atoms with E-state index in [0.29, 0.717) is 23.7 Å². The van der Waals surface area contributed by atoms with Crippen LogP contribution in [0.1, 0.15) is 12.0 Å². The van der Waals surface area contributed by atoms with E-state index in [1.807, 2.05) is 6.07 Å². The monoisotopic (exact) mass is 341 g/mol. The number of benzene rings is 2. The van der Waals surface area contributed by atoms with E-state index in [2.05, 4.69) is 10.6 Å². The third-order valence-electron chi connectivity index (χ3n) is 3.96. The maximum absolute atomic E-state index is 13.6. The van der Waals surface area contributed by atoms with Gasteiger partial charge in [-0.25, -0.2) is 8.78 Å². The van der Waals surface area contributed by atoms with Crippen molar-refractivity contribution in [2.24, 2.45) is 11.8 Å². The third kappa shape index (κ3) is 3.63. The van der Waals surface area contributed by atoms with Crippen molar-refractivity contribution in [1.29, 1.82) is 5.26 Å². The number of hydrogen-bond donors (Lipinski definition) is 2. The molecule has 0 radical (unpaired) electrons. The largest absolute Gasteiger partial charge is 0.325 e. The van der Waals surface area contributed by atoms with Gasteiger partial charge in [-0.2, -0.15) is 5.26 Å². The van der Waals surface area contributed by atoms with Gasteiger partial charge in [0.25, 0.3) is 0 Å². The van der Waals surface area contributed by atoms with Crippen LogP contribution in [0.2, 0.25) is 0 Å². The first kappa shape index (κ1) is 16.6. The van der Waals surface area contributed by atoms with Crippen LogP contribution in [0.25, 0.3) is 0 Å². The Labute approximate surface area is 142 Å². The highest BCUT2D eigenvalue weighted by atomic mass is 19.1. The average Bonchev–Trinajstić information content (AvgIpc) is 3.39. The number of anilines is 2. The van der Waals surface area contributed by atoms with E-state index < -0.39 is 29.4 Å². The molecule has 2 unspecified atom stereocenters. The summed E-state index contributed by atoms with van der Waals surface area (Å²) in [5.41, 5.74) is 0.573. The van der Waals surface area contributed by atoms with Crippen LogP contribution < -0.4 is 10.6 Å². The summed E-state index contributed by atoms with van der Waals surface area (Å²) in [7, 11) is 0. The van der Waals surface area contributed by atoms with Crippen LogP contribution in [0.5, 0.6) is 0 Å². The smallest absolute Gasteiger partial charge is 0.228 e. The van der Waals surface area contributed by atoms with Gasteiger partial charge < -0.3 is 10.6 Å². The fourth-order valence-electron chi connectivity index (χ4n) is 2.51. The van der Waals surface area contributed by atoms with Crippen LogP contribution >= 0.6 is 0 Å². The van der Waals surface area contributed by atoms with Crippen molar-refractivity contribution in [2.75, 3.05) is 10.6 Å². The van der Waals surface area contributed by atoms with Crippen molar-refractivity contribution in [3.05, 3.63) is 59.7 Å². The Morgan fingerprint density at radius 2 is 1.64 bits per heavy atom. The number of nitrogens with one attached hydrogen (secondary N) is 2. The molecule has 1 fully saturated rings. The van der Waals surface area contributed by atoms with Gasteiger partial charge >= 0.3 is 0 Å². The number of rotatable bonds is 4. The third-order valence-corrected chi connectivity index (χ3v) is 3.96. The molecule has 0 saturated heterocycles. The number of hydrogen-bond acceptors (Lipinski definition) is 3. The maximum Gasteiger partial charge on any atom is 0.228 e. The first-order chi connectivity index (χ1) is 12.0. The second-order valence-electron chi connectivity index (χ2n) is 5.71. The molecule has 2 aromatic rings. The first-order valence-corrected chi connectivity index (χ1v) is 7.55. The second kappa shape index (κ2) is 6.69. The summed E-state index contributed by atoms with van der Waals surface area (Å²) >= 11 is 0. The van der Waals surface area contributed by atoms with E-state index in [4.69, 9.17) is 5.26 Å². The van der Waals surface area contributed by atoms with Gasteiger partial charge in [0.15, 0.2) is 0 Å². The molecule has 126 valence electrons. The number of amides is 2. The molecule has 25 heavy (non-hydrogen) atoms. The van der Waals surface area contributed by atoms with Gasteiger partial charge in [-0.05, 0) is 30.7 Å². The molecule has 1 saturated carbocycles. The minimum atomic E-state index is -0.877. The van der Waals surface area contributed by atoms with Crippen LogP contribution in [0.3, 0.4) is 0 Å². The molecule has 7 heteroatoms. The normalized spacial score (nSPS) is 18.1. The van der Waals surface area contributed by atoms with Crippen LogP contribution in [-0.4, -0.2) is 11.8 Å². The van der Waals surface area contributed by atoms with Gasteiger partial charge in [-0.15, -0.1) is 0 Å². The molecule has 1 aliphatic carbocycles. The zero-order valence-corrected chi connectivity index (χ0v) is 12.9. The fraction of sp³-hybridized carbons (Fsp3) is 0.167. The number of para-hydroxylation sites is 1. The topological polar surface area (TPSA) is 82.0 Å². The predicted octanol–water partition coefficient (Wildman–Crippen LogP) is 3.05. The molecule has 0 heterocycles. The summed E-state index contributed by atoms with van der Waals surface area (Å²) in [6, 6.07) is 11.3. The number of nitriles is 1. The van der Waals surface area contributed by atoms with Crippen molar-refractivity contribution in [3.8, 4) is 6.07 Å². The number of carbonyl (C=O) groups is 2. The lowest BCUT2D eigenvalue weighted by Crippen LogP contribution is -2.21. The molecule has 0 spiro atoms. The zero-order valence-electron chi connectivity index (χ0n) is 12.9.